The maximum atomic E-state index is 13.2. The molecule has 0 aliphatic carbocycles. The molecule has 2 N–H and O–H groups in total. The van der Waals surface area contributed by atoms with Gasteiger partial charge in [0.2, 0.25) is 0 Å². The van der Waals surface area contributed by atoms with E-state index in [4.69, 9.17) is 14.9 Å². The fraction of sp³-hybridized carbons (Fsp3) is 0.0625. The third-order valence-electron chi connectivity index (χ3n) is 3.22. The third kappa shape index (κ3) is 2.33. The van der Waals surface area contributed by atoms with E-state index in [-0.39, 0.29) is 11.1 Å². The lowest BCUT2D eigenvalue weighted by Gasteiger charge is -2.06. The molecule has 0 atom stereocenters. The second-order valence-electron chi connectivity index (χ2n) is 4.57. The molecule has 0 amide bonds. The molecule has 0 saturated carbocycles. The Bertz CT molecular complexity index is 886. The Hall–Kier alpha value is -2.82. The highest BCUT2D eigenvalue weighted by Gasteiger charge is 2.09. The van der Waals surface area contributed by atoms with Gasteiger partial charge in [-0.1, -0.05) is 0 Å². The zero-order chi connectivity index (χ0) is 15.0. The van der Waals surface area contributed by atoms with Crippen LogP contribution in [-0.4, -0.2) is 7.11 Å². The standard InChI is InChI=1S/C16H12FNO3/c1-20-10-3-4-11-14(19)8-15(21-16(11)7-10)9-2-5-12(17)13(18)6-9/h2-8H,18H2,1H3. The van der Waals surface area contributed by atoms with Gasteiger partial charge in [0.1, 0.15) is 22.9 Å². The predicted octanol–water partition coefficient (Wildman–Crippen LogP) is 3.19. The van der Waals surface area contributed by atoms with Crippen LogP contribution in [-0.2, 0) is 0 Å². The fourth-order valence-electron chi connectivity index (χ4n) is 2.10. The Morgan fingerprint density at radius 1 is 1.14 bits per heavy atom. The van der Waals surface area contributed by atoms with Crippen molar-refractivity contribution in [2.24, 2.45) is 0 Å². The summed E-state index contributed by atoms with van der Waals surface area (Å²) in [4.78, 5) is 12.1. The van der Waals surface area contributed by atoms with E-state index in [9.17, 15) is 9.18 Å². The Labute approximate surface area is 119 Å². The molecule has 21 heavy (non-hydrogen) atoms. The number of anilines is 1. The first-order valence-corrected chi connectivity index (χ1v) is 6.26. The molecule has 0 unspecified atom stereocenters. The molecule has 106 valence electrons. The van der Waals surface area contributed by atoms with Gasteiger partial charge in [-0.25, -0.2) is 4.39 Å². The largest absolute Gasteiger partial charge is 0.497 e. The molecule has 0 fully saturated rings. The van der Waals surface area contributed by atoms with E-state index in [1.807, 2.05) is 0 Å². The predicted molar refractivity (Wildman–Crippen MR) is 78.8 cm³/mol. The molecule has 4 nitrogen and oxygen atoms in total. The van der Waals surface area contributed by atoms with E-state index >= 15 is 0 Å². The van der Waals surface area contributed by atoms with E-state index in [0.29, 0.717) is 28.0 Å². The number of halogens is 1. The minimum atomic E-state index is -0.511. The highest BCUT2D eigenvalue weighted by atomic mass is 19.1. The molecule has 2 aromatic carbocycles. The van der Waals surface area contributed by atoms with Crippen molar-refractivity contribution in [3.8, 4) is 17.1 Å². The zero-order valence-corrected chi connectivity index (χ0v) is 11.2. The second kappa shape index (κ2) is 4.94. The van der Waals surface area contributed by atoms with Gasteiger partial charge < -0.3 is 14.9 Å². The third-order valence-corrected chi connectivity index (χ3v) is 3.22. The van der Waals surface area contributed by atoms with Crippen LogP contribution < -0.4 is 15.9 Å². The van der Waals surface area contributed by atoms with Crippen molar-refractivity contribution in [3.05, 3.63) is 58.5 Å². The Balaban J connectivity index is 2.23. The molecule has 1 heterocycles. The number of ether oxygens (including phenoxy) is 1. The maximum absolute atomic E-state index is 13.2. The van der Waals surface area contributed by atoms with Crippen LogP contribution in [0.5, 0.6) is 5.75 Å². The van der Waals surface area contributed by atoms with Gasteiger partial charge in [0.25, 0.3) is 0 Å². The van der Waals surface area contributed by atoms with Gasteiger partial charge in [0, 0.05) is 17.7 Å². The Morgan fingerprint density at radius 3 is 2.67 bits per heavy atom. The molecule has 0 aliphatic heterocycles. The minimum Gasteiger partial charge on any atom is -0.497 e. The zero-order valence-electron chi connectivity index (χ0n) is 11.2. The number of nitrogen functional groups attached to an aromatic ring is 1. The Kier molecular flexibility index (Phi) is 3.10. The molecular formula is C16H12FNO3. The summed E-state index contributed by atoms with van der Waals surface area (Å²) in [5, 5.41) is 0.453. The monoisotopic (exact) mass is 285 g/mol. The highest BCUT2D eigenvalue weighted by Crippen LogP contribution is 2.26. The van der Waals surface area contributed by atoms with Crippen LogP contribution in [0.15, 0.2) is 51.7 Å². The van der Waals surface area contributed by atoms with E-state index in [1.54, 1.807) is 18.2 Å². The first kappa shape index (κ1) is 13.2. The lowest BCUT2D eigenvalue weighted by atomic mass is 10.1. The number of nitrogens with two attached hydrogens (primary N) is 1. The molecule has 0 bridgehead atoms. The summed E-state index contributed by atoms with van der Waals surface area (Å²) in [7, 11) is 1.53. The van der Waals surface area contributed by atoms with E-state index in [2.05, 4.69) is 0 Å². The van der Waals surface area contributed by atoms with Crippen LogP contribution in [0.25, 0.3) is 22.3 Å². The van der Waals surface area contributed by atoms with Crippen molar-refractivity contribution in [2.75, 3.05) is 12.8 Å². The second-order valence-corrected chi connectivity index (χ2v) is 4.57. The van der Waals surface area contributed by atoms with Crippen molar-refractivity contribution in [1.82, 2.24) is 0 Å². The van der Waals surface area contributed by atoms with Crippen LogP contribution in [0.4, 0.5) is 10.1 Å². The summed E-state index contributed by atoms with van der Waals surface area (Å²) in [5.74, 6) is 0.400. The molecular weight excluding hydrogens is 273 g/mol. The van der Waals surface area contributed by atoms with Gasteiger partial charge in [-0.3, -0.25) is 4.79 Å². The summed E-state index contributed by atoms with van der Waals surface area (Å²) < 4.78 is 24.0. The molecule has 1 aromatic heterocycles. The van der Waals surface area contributed by atoms with E-state index in [1.165, 1.54) is 31.4 Å². The average molecular weight is 285 g/mol. The number of methoxy groups -OCH3 is 1. The Morgan fingerprint density at radius 2 is 1.95 bits per heavy atom. The summed E-state index contributed by atoms with van der Waals surface area (Å²) >= 11 is 0. The summed E-state index contributed by atoms with van der Waals surface area (Å²) in [5.41, 5.74) is 6.30. The lowest BCUT2D eigenvalue weighted by Crippen LogP contribution is -2.01. The van der Waals surface area contributed by atoms with Gasteiger partial charge in [0.15, 0.2) is 5.43 Å². The van der Waals surface area contributed by atoms with E-state index in [0.717, 1.165) is 0 Å². The van der Waals surface area contributed by atoms with Gasteiger partial charge in [-0.2, -0.15) is 0 Å². The highest BCUT2D eigenvalue weighted by molar-refractivity contribution is 5.80. The van der Waals surface area contributed by atoms with Gasteiger partial charge in [-0.15, -0.1) is 0 Å². The van der Waals surface area contributed by atoms with Crippen LogP contribution in [0.3, 0.4) is 0 Å². The first-order valence-electron chi connectivity index (χ1n) is 6.26. The molecule has 3 rings (SSSR count). The minimum absolute atomic E-state index is 0.000822. The van der Waals surface area contributed by atoms with Crippen molar-refractivity contribution < 1.29 is 13.5 Å². The molecule has 3 aromatic rings. The molecule has 0 saturated heterocycles. The molecule has 0 radical (unpaired) electrons. The quantitative estimate of drug-likeness (QED) is 0.734. The van der Waals surface area contributed by atoms with Gasteiger partial charge >= 0.3 is 0 Å². The first-order chi connectivity index (χ1) is 10.1. The topological polar surface area (TPSA) is 65.5 Å². The van der Waals surface area contributed by atoms with E-state index < -0.39 is 5.82 Å². The SMILES string of the molecule is COc1ccc2c(=O)cc(-c3ccc(F)c(N)c3)oc2c1. The smallest absolute Gasteiger partial charge is 0.193 e. The van der Waals surface area contributed by atoms with Crippen molar-refractivity contribution in [3.63, 3.8) is 0 Å². The van der Waals surface area contributed by atoms with Crippen molar-refractivity contribution in [2.45, 2.75) is 0 Å². The summed E-state index contributed by atoms with van der Waals surface area (Å²) in [6.45, 7) is 0. The normalized spacial score (nSPS) is 10.8. The summed E-state index contributed by atoms with van der Waals surface area (Å²) in [6, 6.07) is 10.5. The van der Waals surface area contributed by atoms with Crippen LogP contribution in [0, 0.1) is 5.82 Å². The van der Waals surface area contributed by atoms with Crippen LogP contribution in [0.1, 0.15) is 0 Å². The average Bonchev–Trinajstić information content (AvgIpc) is 2.49. The van der Waals surface area contributed by atoms with Gasteiger partial charge in [-0.05, 0) is 30.3 Å². The molecule has 0 aliphatic rings. The summed E-state index contributed by atoms with van der Waals surface area (Å²) in [6.07, 6.45) is 0. The van der Waals surface area contributed by atoms with Crippen molar-refractivity contribution in [1.29, 1.82) is 0 Å². The number of benzene rings is 2. The molecule has 5 heteroatoms. The van der Waals surface area contributed by atoms with Crippen LogP contribution >= 0.6 is 0 Å². The number of rotatable bonds is 2. The number of hydrogen-bond acceptors (Lipinski definition) is 4. The molecule has 0 spiro atoms. The fourth-order valence-corrected chi connectivity index (χ4v) is 2.10. The number of hydrogen-bond donors (Lipinski definition) is 1. The lowest BCUT2D eigenvalue weighted by molar-refractivity contribution is 0.414. The van der Waals surface area contributed by atoms with Crippen molar-refractivity contribution >= 4 is 16.7 Å². The number of fused-ring (bicyclic) bond motifs is 1. The van der Waals surface area contributed by atoms with Gasteiger partial charge in [0.05, 0.1) is 18.2 Å². The maximum Gasteiger partial charge on any atom is 0.193 e. The van der Waals surface area contributed by atoms with Crippen LogP contribution in [0.2, 0.25) is 0 Å².